The zero-order valence-corrected chi connectivity index (χ0v) is 33.8. The second-order valence-electron chi connectivity index (χ2n) is 15.8. The Bertz CT molecular complexity index is 2520. The number of aromatic hydroxyl groups is 1. The number of esters is 1. The van der Waals surface area contributed by atoms with Gasteiger partial charge in [0.15, 0.2) is 0 Å². The van der Waals surface area contributed by atoms with Gasteiger partial charge in [-0.05, 0) is 115 Å². The largest absolute Gasteiger partial charge is 0.506 e. The molecule has 3 aliphatic heterocycles. The Kier molecular flexibility index (Phi) is 13.0. The summed E-state index contributed by atoms with van der Waals surface area (Å²) in [5.41, 5.74) is 5.45. The molecule has 9 rings (SSSR count). The van der Waals surface area contributed by atoms with E-state index in [0.29, 0.717) is 46.7 Å². The van der Waals surface area contributed by atoms with Crippen molar-refractivity contribution in [3.8, 4) is 11.5 Å². The lowest BCUT2D eigenvalue weighted by molar-refractivity contribution is -0.0336. The van der Waals surface area contributed by atoms with Gasteiger partial charge in [0.2, 0.25) is 5.56 Å². The lowest BCUT2D eigenvalue weighted by Gasteiger charge is -2.43. The normalized spacial score (nSPS) is 18.0. The Morgan fingerprint density at radius 1 is 0.803 bits per heavy atom. The predicted octanol–water partition coefficient (Wildman–Crippen LogP) is 6.95. The van der Waals surface area contributed by atoms with Crippen molar-refractivity contribution in [2.45, 2.75) is 50.7 Å². The summed E-state index contributed by atoms with van der Waals surface area (Å²) in [5.74, 6) is 0.530. The number of aliphatic hydroxyl groups is 1. The van der Waals surface area contributed by atoms with E-state index in [0.717, 1.165) is 60.3 Å². The van der Waals surface area contributed by atoms with Gasteiger partial charge in [0.1, 0.15) is 30.8 Å². The number of H-pyrrole nitrogens is 1. The molecule has 0 aliphatic carbocycles. The highest BCUT2D eigenvalue weighted by molar-refractivity contribution is 5.89. The molecule has 5 aromatic carbocycles. The second kappa shape index (κ2) is 19.3. The van der Waals surface area contributed by atoms with Crippen LogP contribution in [0.25, 0.3) is 10.9 Å². The van der Waals surface area contributed by atoms with Gasteiger partial charge in [0.25, 0.3) is 0 Å². The van der Waals surface area contributed by atoms with Gasteiger partial charge < -0.3 is 40.0 Å². The Hall–Kier alpha value is -6.47. The van der Waals surface area contributed by atoms with Gasteiger partial charge in [0.05, 0.1) is 23.2 Å². The third kappa shape index (κ3) is 10.5. The van der Waals surface area contributed by atoms with Crippen molar-refractivity contribution in [3.63, 3.8) is 0 Å². The monoisotopic (exact) mass is 822 g/mol. The Morgan fingerprint density at radius 2 is 1.56 bits per heavy atom. The minimum Gasteiger partial charge on any atom is -0.506 e. The molecular weight excluding hydrogens is 773 g/mol. The molecule has 12 heteroatoms. The van der Waals surface area contributed by atoms with Crippen LogP contribution >= 0.6 is 0 Å². The first kappa shape index (κ1) is 41.3. The molecule has 314 valence electrons. The molecule has 4 heterocycles. The number of aromatic nitrogens is 1. The van der Waals surface area contributed by atoms with Crippen molar-refractivity contribution in [2.75, 3.05) is 32.7 Å². The number of fused-ring (bicyclic) bond motifs is 4. The molecule has 3 saturated heterocycles. The summed E-state index contributed by atoms with van der Waals surface area (Å²) in [5, 5.41) is 28.0. The smallest absolute Gasteiger partial charge is 0.408 e. The Morgan fingerprint density at radius 3 is 2.36 bits per heavy atom. The molecular formula is C49H50N4O8. The van der Waals surface area contributed by atoms with Gasteiger partial charge >= 0.3 is 12.1 Å². The Labute approximate surface area is 354 Å². The summed E-state index contributed by atoms with van der Waals surface area (Å²) in [6.07, 6.45) is 1.42. The van der Waals surface area contributed by atoms with Crippen LogP contribution in [-0.4, -0.2) is 71.0 Å². The number of rotatable bonds is 16. The van der Waals surface area contributed by atoms with E-state index >= 15 is 0 Å². The zero-order chi connectivity index (χ0) is 42.1. The van der Waals surface area contributed by atoms with Gasteiger partial charge in [0, 0.05) is 24.5 Å². The number of pyridine rings is 1. The van der Waals surface area contributed by atoms with E-state index in [1.54, 1.807) is 30.3 Å². The standard InChI is InChI=1S/C49H50N4O8/c54-42-17-15-40(41-16-18-45(56)51-47(41)42)43(55)28-50-22-19-32-7-4-8-33(25-32)31-60-48(57)38-13-5-9-34(26-38)30-59-39-14-6-12-37(27-39)46(36-10-2-1-3-11-36)52-49(58)61-44-29-53-23-20-35(44)21-24-53/h1-18,25-27,35,43-44,46,50,54-55H,19-24,28-31H2,(H,51,56)(H,52,58)/t43-,44+,46-/m0/s1. The van der Waals surface area contributed by atoms with E-state index in [1.165, 1.54) is 12.1 Å². The van der Waals surface area contributed by atoms with E-state index < -0.39 is 24.2 Å². The van der Waals surface area contributed by atoms with Gasteiger partial charge in [-0.2, -0.15) is 0 Å². The first-order valence-corrected chi connectivity index (χ1v) is 20.8. The second-order valence-corrected chi connectivity index (χ2v) is 15.8. The predicted molar refractivity (Wildman–Crippen MR) is 231 cm³/mol. The van der Waals surface area contributed by atoms with Crippen molar-refractivity contribution in [1.82, 2.24) is 20.5 Å². The molecule has 1 amide bonds. The molecule has 61 heavy (non-hydrogen) atoms. The maximum absolute atomic E-state index is 13.3. The molecule has 6 aromatic rings. The van der Waals surface area contributed by atoms with E-state index in [2.05, 4.69) is 20.5 Å². The van der Waals surface area contributed by atoms with Crippen LogP contribution < -0.4 is 20.9 Å². The number of benzene rings is 5. The molecule has 12 nitrogen and oxygen atoms in total. The number of phenols is 1. The van der Waals surface area contributed by atoms with Crippen LogP contribution in [0.2, 0.25) is 0 Å². The summed E-state index contributed by atoms with van der Waals surface area (Å²) >= 11 is 0. The number of piperidine rings is 3. The van der Waals surface area contributed by atoms with Crippen LogP contribution in [-0.2, 0) is 29.1 Å². The van der Waals surface area contributed by atoms with Crippen molar-refractivity contribution in [1.29, 1.82) is 0 Å². The molecule has 0 saturated carbocycles. The van der Waals surface area contributed by atoms with Crippen LogP contribution in [0, 0.1) is 5.92 Å². The van der Waals surface area contributed by atoms with Crippen molar-refractivity contribution >= 4 is 23.0 Å². The lowest BCUT2D eigenvalue weighted by atomic mass is 9.86. The number of carbonyl (C=O) groups is 2. The fourth-order valence-corrected chi connectivity index (χ4v) is 8.32. The number of aliphatic hydroxyl groups excluding tert-OH is 1. The molecule has 0 unspecified atom stereocenters. The van der Waals surface area contributed by atoms with Crippen LogP contribution in [0.4, 0.5) is 4.79 Å². The molecule has 1 aromatic heterocycles. The SMILES string of the molecule is O=C(N[C@@H](c1ccccc1)c1cccc(OCc2cccc(C(=O)OCc3cccc(CCNC[C@H](O)c4ccc(O)c5[nH]c(=O)ccc45)c3)c2)c1)O[C@@H]1CN2CCC1CC2. The number of nitrogens with one attached hydrogen (secondary N) is 3. The van der Waals surface area contributed by atoms with Crippen LogP contribution in [0.5, 0.6) is 11.5 Å². The first-order chi connectivity index (χ1) is 29.8. The average molecular weight is 823 g/mol. The molecule has 0 spiro atoms. The van der Waals surface area contributed by atoms with Crippen molar-refractivity contribution < 1.29 is 34.0 Å². The number of aromatic amines is 1. The molecule has 3 atom stereocenters. The van der Waals surface area contributed by atoms with Crippen LogP contribution in [0.1, 0.15) is 68.7 Å². The summed E-state index contributed by atoms with van der Waals surface area (Å²) in [7, 11) is 0. The van der Waals surface area contributed by atoms with E-state index in [9.17, 15) is 24.6 Å². The maximum atomic E-state index is 13.3. The van der Waals surface area contributed by atoms with Gasteiger partial charge in [-0.25, -0.2) is 9.59 Å². The van der Waals surface area contributed by atoms with Gasteiger partial charge in [-0.1, -0.05) is 84.9 Å². The number of nitrogens with zero attached hydrogens (tertiary/aromatic N) is 1. The highest BCUT2D eigenvalue weighted by atomic mass is 16.6. The minimum absolute atomic E-state index is 0.0534. The van der Waals surface area contributed by atoms with Crippen LogP contribution in [0.3, 0.4) is 0 Å². The highest BCUT2D eigenvalue weighted by Gasteiger charge is 2.37. The quantitative estimate of drug-likeness (QED) is 0.0511. The molecule has 2 bridgehead atoms. The van der Waals surface area contributed by atoms with Crippen molar-refractivity contribution in [2.24, 2.45) is 5.92 Å². The number of alkyl carbamates (subject to hydrolysis) is 1. The summed E-state index contributed by atoms with van der Waals surface area (Å²) in [6, 6.07) is 38.1. The first-order valence-electron chi connectivity index (χ1n) is 20.8. The number of carbonyl (C=O) groups excluding carboxylic acids is 2. The summed E-state index contributed by atoms with van der Waals surface area (Å²) in [6.45, 7) is 4.11. The summed E-state index contributed by atoms with van der Waals surface area (Å²) < 4.78 is 17.9. The lowest BCUT2D eigenvalue weighted by Crippen LogP contribution is -2.52. The fraction of sp³-hybridized carbons (Fsp3) is 0.286. The summed E-state index contributed by atoms with van der Waals surface area (Å²) in [4.78, 5) is 43.2. The minimum atomic E-state index is -0.852. The van der Waals surface area contributed by atoms with E-state index in [1.807, 2.05) is 84.9 Å². The van der Waals surface area contributed by atoms with Gasteiger partial charge in [-0.15, -0.1) is 0 Å². The van der Waals surface area contributed by atoms with E-state index in [4.69, 9.17) is 14.2 Å². The fourth-order valence-electron chi connectivity index (χ4n) is 8.32. The molecule has 3 aliphatic rings. The van der Waals surface area contributed by atoms with E-state index in [-0.39, 0.29) is 37.2 Å². The third-order valence-electron chi connectivity index (χ3n) is 11.6. The number of hydrogen-bond acceptors (Lipinski definition) is 10. The number of ether oxygens (including phenoxy) is 3. The number of hydrogen-bond donors (Lipinski definition) is 5. The molecule has 5 N–H and O–H groups in total. The number of amides is 1. The number of phenolic OH excluding ortho intramolecular Hbond substituents is 1. The zero-order valence-electron chi connectivity index (χ0n) is 33.8. The Balaban J connectivity index is 0.822. The van der Waals surface area contributed by atoms with Gasteiger partial charge in [-0.3, -0.25) is 9.69 Å². The highest BCUT2D eigenvalue weighted by Crippen LogP contribution is 2.31. The van der Waals surface area contributed by atoms with Crippen molar-refractivity contribution in [3.05, 3.63) is 177 Å². The molecule has 3 fully saturated rings. The van der Waals surface area contributed by atoms with Crippen LogP contribution in [0.15, 0.2) is 132 Å². The third-order valence-corrected chi connectivity index (χ3v) is 11.6. The molecule has 0 radical (unpaired) electrons. The topological polar surface area (TPSA) is 162 Å². The average Bonchev–Trinajstić information content (AvgIpc) is 3.29. The maximum Gasteiger partial charge on any atom is 0.408 e.